The van der Waals surface area contributed by atoms with Crippen molar-refractivity contribution < 1.29 is 0 Å². The summed E-state index contributed by atoms with van der Waals surface area (Å²) in [6, 6.07) is 10.7. The fourth-order valence-corrected chi connectivity index (χ4v) is 3.46. The molecule has 0 saturated carbocycles. The van der Waals surface area contributed by atoms with Gasteiger partial charge < -0.3 is 4.90 Å². The van der Waals surface area contributed by atoms with Crippen molar-refractivity contribution in [3.8, 4) is 0 Å². The molecule has 1 N–H and O–H groups in total. The highest BCUT2D eigenvalue weighted by atomic mass is 15.2. The Labute approximate surface area is 135 Å². The smallest absolute Gasteiger partial charge is 0.137 e. The highest BCUT2D eigenvalue weighted by Gasteiger charge is 2.24. The molecule has 5 nitrogen and oxygen atoms in total. The van der Waals surface area contributed by atoms with E-state index in [1.807, 2.05) is 0 Å². The van der Waals surface area contributed by atoms with E-state index >= 15 is 0 Å². The summed E-state index contributed by atoms with van der Waals surface area (Å²) in [6.45, 7) is 4.25. The van der Waals surface area contributed by atoms with Crippen LogP contribution in [0, 0.1) is 0 Å². The number of rotatable bonds is 3. The molecule has 0 atom stereocenters. The van der Waals surface area contributed by atoms with Gasteiger partial charge in [-0.15, -0.1) is 0 Å². The van der Waals surface area contributed by atoms with Gasteiger partial charge in [-0.05, 0) is 31.4 Å². The first-order valence-corrected chi connectivity index (χ1v) is 8.34. The molecule has 1 fully saturated rings. The normalized spacial score (nSPS) is 16.1. The van der Waals surface area contributed by atoms with Crippen LogP contribution in [-0.4, -0.2) is 33.3 Å². The van der Waals surface area contributed by atoms with Crippen molar-refractivity contribution in [2.75, 3.05) is 18.0 Å². The maximum Gasteiger partial charge on any atom is 0.137 e. The predicted octanol–water partition coefficient (Wildman–Crippen LogP) is 3.30. The number of aromatic nitrogens is 4. The minimum atomic E-state index is 0.493. The number of anilines is 1. The Morgan fingerprint density at radius 2 is 2.04 bits per heavy atom. The molecule has 4 rings (SSSR count). The summed E-state index contributed by atoms with van der Waals surface area (Å²) in [4.78, 5) is 11.6. The minimum Gasteiger partial charge on any atom is -0.371 e. The molecule has 1 aromatic carbocycles. The first-order chi connectivity index (χ1) is 11.3. The Hall–Kier alpha value is -2.43. The fraction of sp³-hybridized carbons (Fsp3) is 0.389. The van der Waals surface area contributed by atoms with Crippen LogP contribution < -0.4 is 4.90 Å². The molecular formula is C18H21N5. The van der Waals surface area contributed by atoms with Crippen LogP contribution in [-0.2, 0) is 6.42 Å². The number of H-pyrrole nitrogens is 1. The monoisotopic (exact) mass is 307 g/mol. The van der Waals surface area contributed by atoms with Gasteiger partial charge >= 0.3 is 0 Å². The predicted molar refractivity (Wildman–Crippen MR) is 91.7 cm³/mol. The highest BCUT2D eigenvalue weighted by molar-refractivity contribution is 5.92. The minimum absolute atomic E-state index is 0.493. The number of nitrogens with zero attached hydrogens (tertiary/aromatic N) is 4. The number of hydrogen-bond acceptors (Lipinski definition) is 4. The molecule has 3 heterocycles. The second-order valence-electron chi connectivity index (χ2n) is 6.14. The standard InChI is InChI=1S/C18H21N5/c1-2-14-11-17(15-5-3-4-6-16(15)21-14)23-9-7-13(8-10-23)18-19-12-20-22-18/h3-6,11-13H,2,7-10H2,1H3,(H,19,20,22). The first-order valence-electron chi connectivity index (χ1n) is 8.34. The molecular weight excluding hydrogens is 286 g/mol. The topological polar surface area (TPSA) is 57.7 Å². The number of fused-ring (bicyclic) bond motifs is 1. The maximum absolute atomic E-state index is 4.75. The van der Waals surface area contributed by atoms with Crippen molar-refractivity contribution in [3.63, 3.8) is 0 Å². The lowest BCUT2D eigenvalue weighted by molar-refractivity contribution is 0.487. The van der Waals surface area contributed by atoms with E-state index in [9.17, 15) is 0 Å². The summed E-state index contributed by atoms with van der Waals surface area (Å²) >= 11 is 0. The summed E-state index contributed by atoms with van der Waals surface area (Å²) in [6.07, 6.45) is 4.78. The lowest BCUT2D eigenvalue weighted by Crippen LogP contribution is -2.33. The number of aryl methyl sites for hydroxylation is 1. The molecule has 118 valence electrons. The summed E-state index contributed by atoms with van der Waals surface area (Å²) in [5, 5.41) is 8.25. The molecule has 0 aliphatic carbocycles. The largest absolute Gasteiger partial charge is 0.371 e. The Kier molecular flexibility index (Phi) is 3.69. The molecule has 23 heavy (non-hydrogen) atoms. The summed E-state index contributed by atoms with van der Waals surface area (Å²) in [7, 11) is 0. The molecule has 0 spiro atoms. The van der Waals surface area contributed by atoms with E-state index < -0.39 is 0 Å². The van der Waals surface area contributed by atoms with Gasteiger partial charge in [-0.3, -0.25) is 10.1 Å². The van der Waals surface area contributed by atoms with E-state index in [2.05, 4.69) is 57.3 Å². The number of benzene rings is 1. The Bertz CT molecular complexity index is 788. The van der Waals surface area contributed by atoms with Crippen LogP contribution in [0.4, 0.5) is 5.69 Å². The molecule has 1 saturated heterocycles. The Balaban J connectivity index is 1.62. The van der Waals surface area contributed by atoms with E-state index in [0.29, 0.717) is 5.92 Å². The van der Waals surface area contributed by atoms with Crippen molar-refractivity contribution in [2.45, 2.75) is 32.1 Å². The number of pyridine rings is 1. The van der Waals surface area contributed by atoms with E-state index in [4.69, 9.17) is 4.98 Å². The van der Waals surface area contributed by atoms with Crippen molar-refractivity contribution >= 4 is 16.6 Å². The van der Waals surface area contributed by atoms with Crippen molar-refractivity contribution in [1.29, 1.82) is 0 Å². The van der Waals surface area contributed by atoms with Gasteiger partial charge in [0.15, 0.2) is 0 Å². The van der Waals surface area contributed by atoms with Crippen molar-refractivity contribution in [1.82, 2.24) is 20.2 Å². The Morgan fingerprint density at radius 1 is 1.22 bits per heavy atom. The average molecular weight is 307 g/mol. The lowest BCUT2D eigenvalue weighted by atomic mass is 9.95. The van der Waals surface area contributed by atoms with E-state index in [0.717, 1.165) is 49.4 Å². The quantitative estimate of drug-likeness (QED) is 0.806. The zero-order chi connectivity index (χ0) is 15.6. The fourth-order valence-electron chi connectivity index (χ4n) is 3.46. The zero-order valence-electron chi connectivity index (χ0n) is 13.4. The van der Waals surface area contributed by atoms with Crippen LogP contribution >= 0.6 is 0 Å². The molecule has 0 bridgehead atoms. The molecule has 0 radical (unpaired) electrons. The second-order valence-corrected chi connectivity index (χ2v) is 6.14. The van der Waals surface area contributed by atoms with E-state index in [-0.39, 0.29) is 0 Å². The first kappa shape index (κ1) is 14.2. The van der Waals surface area contributed by atoms with Crippen LogP contribution in [0.1, 0.15) is 37.2 Å². The number of aromatic amines is 1. The molecule has 0 unspecified atom stereocenters. The Morgan fingerprint density at radius 3 is 2.78 bits per heavy atom. The average Bonchev–Trinajstić information content (AvgIpc) is 3.15. The maximum atomic E-state index is 4.75. The summed E-state index contributed by atoms with van der Waals surface area (Å²) in [5.41, 5.74) is 3.58. The van der Waals surface area contributed by atoms with Crippen LogP contribution in [0.2, 0.25) is 0 Å². The molecule has 0 amide bonds. The highest BCUT2D eigenvalue weighted by Crippen LogP contribution is 2.32. The SMILES string of the molecule is CCc1cc(N2CCC(c3ncn[nH]3)CC2)c2ccccc2n1. The van der Waals surface area contributed by atoms with Crippen molar-refractivity contribution in [2.24, 2.45) is 0 Å². The third kappa shape index (κ3) is 2.67. The number of para-hydroxylation sites is 1. The molecule has 1 aliphatic rings. The van der Waals surface area contributed by atoms with Gasteiger partial charge in [-0.25, -0.2) is 4.98 Å². The zero-order valence-corrected chi connectivity index (χ0v) is 13.4. The van der Waals surface area contributed by atoms with Gasteiger partial charge in [-0.2, -0.15) is 5.10 Å². The van der Waals surface area contributed by atoms with Gasteiger partial charge in [0.2, 0.25) is 0 Å². The number of hydrogen-bond donors (Lipinski definition) is 1. The van der Waals surface area contributed by atoms with Crippen molar-refractivity contribution in [3.05, 3.63) is 48.2 Å². The van der Waals surface area contributed by atoms with Gasteiger partial charge in [0.25, 0.3) is 0 Å². The van der Waals surface area contributed by atoms with Crippen LogP contribution in [0.15, 0.2) is 36.7 Å². The molecule has 5 heteroatoms. The summed E-state index contributed by atoms with van der Waals surface area (Å²) in [5.74, 6) is 1.52. The van der Waals surface area contributed by atoms with E-state index in [1.165, 1.54) is 11.1 Å². The third-order valence-corrected chi connectivity index (χ3v) is 4.77. The third-order valence-electron chi connectivity index (χ3n) is 4.77. The van der Waals surface area contributed by atoms with Crippen LogP contribution in [0.25, 0.3) is 10.9 Å². The molecule has 3 aromatic rings. The molecule has 1 aliphatic heterocycles. The van der Waals surface area contributed by atoms with Gasteiger partial charge in [0, 0.05) is 35.8 Å². The van der Waals surface area contributed by atoms with E-state index in [1.54, 1.807) is 6.33 Å². The lowest BCUT2D eigenvalue weighted by Gasteiger charge is -2.33. The summed E-state index contributed by atoms with van der Waals surface area (Å²) < 4.78 is 0. The van der Waals surface area contributed by atoms with Gasteiger partial charge in [0.1, 0.15) is 12.2 Å². The van der Waals surface area contributed by atoms with Gasteiger partial charge in [0.05, 0.1) is 5.52 Å². The number of piperidine rings is 1. The van der Waals surface area contributed by atoms with Crippen LogP contribution in [0.5, 0.6) is 0 Å². The second kappa shape index (κ2) is 5.99. The molecule has 2 aromatic heterocycles. The van der Waals surface area contributed by atoms with Gasteiger partial charge in [-0.1, -0.05) is 25.1 Å². The van der Waals surface area contributed by atoms with Crippen LogP contribution in [0.3, 0.4) is 0 Å². The number of nitrogens with one attached hydrogen (secondary N) is 1.